The van der Waals surface area contributed by atoms with Crippen molar-refractivity contribution in [2.45, 2.75) is 56.3 Å². The summed E-state index contributed by atoms with van der Waals surface area (Å²) in [6.45, 7) is 3.16. The molecule has 6 nitrogen and oxygen atoms in total. The van der Waals surface area contributed by atoms with Gasteiger partial charge in [-0.05, 0) is 25.3 Å². The molecule has 1 aliphatic carbocycles. The summed E-state index contributed by atoms with van der Waals surface area (Å²) in [4.78, 5) is 0.298. The van der Waals surface area contributed by atoms with Crippen molar-refractivity contribution in [1.82, 2.24) is 9.29 Å². The molecule has 0 aromatic carbocycles. The Balaban J connectivity index is 2.09. The van der Waals surface area contributed by atoms with Crippen molar-refractivity contribution >= 4 is 10.0 Å². The smallest absolute Gasteiger partial charge is 0.242 e. The molecule has 20 heavy (non-hydrogen) atoms. The van der Waals surface area contributed by atoms with Gasteiger partial charge in [0.25, 0.3) is 0 Å². The van der Waals surface area contributed by atoms with E-state index in [4.69, 9.17) is 10.5 Å². The first-order valence-corrected chi connectivity index (χ1v) is 8.42. The number of nitrogens with one attached hydrogen (secondary N) is 1. The van der Waals surface area contributed by atoms with Gasteiger partial charge in [-0.15, -0.1) is 0 Å². The quantitative estimate of drug-likeness (QED) is 0.780. The highest BCUT2D eigenvalue weighted by Gasteiger charge is 2.33. The predicted octanol–water partition coefficient (Wildman–Crippen LogP) is 0.813. The van der Waals surface area contributed by atoms with E-state index in [9.17, 15) is 8.42 Å². The fourth-order valence-electron chi connectivity index (χ4n) is 2.43. The SMILES string of the molecule is CCCn1cc(S(=O)(=O)NC2CC(OC)C2)cc1CN. The lowest BCUT2D eigenvalue weighted by Gasteiger charge is -2.34. The summed E-state index contributed by atoms with van der Waals surface area (Å²) in [6.07, 6.45) is 4.24. The zero-order valence-corrected chi connectivity index (χ0v) is 12.8. The van der Waals surface area contributed by atoms with Gasteiger partial charge in [0.2, 0.25) is 10.0 Å². The van der Waals surface area contributed by atoms with E-state index in [1.165, 1.54) is 0 Å². The molecule has 1 heterocycles. The van der Waals surface area contributed by atoms with Gasteiger partial charge >= 0.3 is 0 Å². The lowest BCUT2D eigenvalue weighted by Crippen LogP contribution is -2.47. The molecule has 0 saturated heterocycles. The van der Waals surface area contributed by atoms with Crippen LogP contribution in [0.25, 0.3) is 0 Å². The van der Waals surface area contributed by atoms with Crippen LogP contribution >= 0.6 is 0 Å². The maximum absolute atomic E-state index is 12.3. The molecule has 0 atom stereocenters. The van der Waals surface area contributed by atoms with Crippen molar-refractivity contribution < 1.29 is 13.2 Å². The third kappa shape index (κ3) is 3.22. The lowest BCUT2D eigenvalue weighted by molar-refractivity contribution is 0.0236. The molecule has 0 spiro atoms. The average molecular weight is 301 g/mol. The van der Waals surface area contributed by atoms with Crippen molar-refractivity contribution in [2.24, 2.45) is 5.73 Å². The van der Waals surface area contributed by atoms with Crippen LogP contribution in [0.5, 0.6) is 0 Å². The Kier molecular flexibility index (Phi) is 4.85. The Labute approximate surface area is 120 Å². The molecule has 0 unspecified atom stereocenters. The zero-order valence-electron chi connectivity index (χ0n) is 12.0. The highest BCUT2D eigenvalue weighted by molar-refractivity contribution is 7.89. The van der Waals surface area contributed by atoms with Gasteiger partial charge in [0.15, 0.2) is 0 Å². The summed E-state index contributed by atoms with van der Waals surface area (Å²) < 4.78 is 34.4. The Hall–Kier alpha value is -0.890. The topological polar surface area (TPSA) is 86.3 Å². The van der Waals surface area contributed by atoms with Crippen LogP contribution in [-0.2, 0) is 27.8 Å². The van der Waals surface area contributed by atoms with E-state index in [1.807, 2.05) is 11.5 Å². The number of methoxy groups -OCH3 is 1. The minimum Gasteiger partial charge on any atom is -0.381 e. The number of sulfonamides is 1. The van der Waals surface area contributed by atoms with Gasteiger partial charge in [0, 0.05) is 38.1 Å². The molecule has 0 radical (unpaired) electrons. The molecule has 7 heteroatoms. The van der Waals surface area contributed by atoms with E-state index >= 15 is 0 Å². The minimum absolute atomic E-state index is 0.0270. The number of aromatic nitrogens is 1. The number of nitrogens with zero attached hydrogens (tertiary/aromatic N) is 1. The summed E-state index contributed by atoms with van der Waals surface area (Å²) in [7, 11) is -1.82. The second kappa shape index (κ2) is 6.26. The molecule has 1 aromatic heterocycles. The largest absolute Gasteiger partial charge is 0.381 e. The molecular weight excluding hydrogens is 278 g/mol. The third-order valence-electron chi connectivity index (χ3n) is 3.69. The van der Waals surface area contributed by atoms with Crippen LogP contribution in [0.4, 0.5) is 0 Å². The van der Waals surface area contributed by atoms with E-state index in [0.29, 0.717) is 11.4 Å². The van der Waals surface area contributed by atoms with Crippen LogP contribution in [0.3, 0.4) is 0 Å². The molecule has 114 valence electrons. The van der Waals surface area contributed by atoms with Crippen LogP contribution in [0, 0.1) is 0 Å². The van der Waals surface area contributed by atoms with Gasteiger partial charge in [-0.3, -0.25) is 0 Å². The minimum atomic E-state index is -3.46. The number of hydrogen-bond donors (Lipinski definition) is 2. The molecular formula is C13H23N3O3S. The number of nitrogens with two attached hydrogens (primary N) is 1. The summed E-state index contributed by atoms with van der Waals surface area (Å²) in [5.74, 6) is 0. The maximum Gasteiger partial charge on any atom is 0.242 e. The number of rotatable bonds is 7. The second-order valence-corrected chi connectivity index (χ2v) is 6.93. The first-order valence-electron chi connectivity index (χ1n) is 6.94. The van der Waals surface area contributed by atoms with Crippen molar-refractivity contribution in [3.8, 4) is 0 Å². The molecule has 1 saturated carbocycles. The van der Waals surface area contributed by atoms with Crippen LogP contribution in [-0.4, -0.2) is 32.2 Å². The second-order valence-electron chi connectivity index (χ2n) is 5.21. The summed E-state index contributed by atoms with van der Waals surface area (Å²) in [5.41, 5.74) is 6.50. The monoisotopic (exact) mass is 301 g/mol. The van der Waals surface area contributed by atoms with Gasteiger partial charge < -0.3 is 15.0 Å². The van der Waals surface area contributed by atoms with Crippen molar-refractivity contribution in [3.63, 3.8) is 0 Å². The van der Waals surface area contributed by atoms with Gasteiger partial charge in [-0.1, -0.05) is 6.92 Å². The molecule has 2 rings (SSSR count). The fourth-order valence-corrected chi connectivity index (χ4v) is 3.76. The molecule has 1 fully saturated rings. The first-order chi connectivity index (χ1) is 9.50. The van der Waals surface area contributed by atoms with Crippen molar-refractivity contribution in [3.05, 3.63) is 18.0 Å². The van der Waals surface area contributed by atoms with Crippen molar-refractivity contribution in [1.29, 1.82) is 0 Å². The van der Waals surface area contributed by atoms with E-state index in [2.05, 4.69) is 4.72 Å². The standard InChI is InChI=1S/C13H23N3O3S/c1-3-4-16-9-13(7-11(16)8-14)20(17,18)15-10-5-12(6-10)19-2/h7,9-10,12,15H,3-6,8,14H2,1-2H3. The fraction of sp³-hybridized carbons (Fsp3) is 0.692. The van der Waals surface area contributed by atoms with E-state index in [1.54, 1.807) is 19.4 Å². The molecule has 0 amide bonds. The molecule has 3 N–H and O–H groups in total. The maximum atomic E-state index is 12.3. The lowest BCUT2D eigenvalue weighted by atomic mass is 9.90. The van der Waals surface area contributed by atoms with Crippen LogP contribution in [0.2, 0.25) is 0 Å². The number of hydrogen-bond acceptors (Lipinski definition) is 4. The average Bonchev–Trinajstić information content (AvgIpc) is 2.77. The zero-order chi connectivity index (χ0) is 14.8. The number of aryl methyl sites for hydroxylation is 1. The molecule has 0 bridgehead atoms. The van der Waals surface area contributed by atoms with E-state index in [0.717, 1.165) is 31.5 Å². The van der Waals surface area contributed by atoms with Gasteiger partial charge in [-0.2, -0.15) is 0 Å². The first kappa shape index (κ1) is 15.5. The summed E-state index contributed by atoms with van der Waals surface area (Å²) in [6, 6.07) is 1.63. The van der Waals surface area contributed by atoms with E-state index < -0.39 is 10.0 Å². The highest BCUT2D eigenvalue weighted by Crippen LogP contribution is 2.25. The van der Waals surface area contributed by atoms with Crippen LogP contribution in [0.1, 0.15) is 31.9 Å². The molecule has 1 aliphatic rings. The Morgan fingerprint density at radius 3 is 2.75 bits per heavy atom. The number of ether oxygens (including phenoxy) is 1. The van der Waals surface area contributed by atoms with Gasteiger partial charge in [0.1, 0.15) is 0 Å². The Bertz CT molecular complexity index is 547. The normalized spacial score (nSPS) is 22.8. The summed E-state index contributed by atoms with van der Waals surface area (Å²) in [5, 5.41) is 0. The Morgan fingerprint density at radius 1 is 1.50 bits per heavy atom. The molecule has 0 aliphatic heterocycles. The highest BCUT2D eigenvalue weighted by atomic mass is 32.2. The van der Waals surface area contributed by atoms with E-state index in [-0.39, 0.29) is 12.1 Å². The Morgan fingerprint density at radius 2 is 2.20 bits per heavy atom. The van der Waals surface area contributed by atoms with Crippen LogP contribution < -0.4 is 10.5 Å². The van der Waals surface area contributed by atoms with Crippen molar-refractivity contribution in [2.75, 3.05) is 7.11 Å². The third-order valence-corrected chi connectivity index (χ3v) is 5.18. The summed E-state index contributed by atoms with van der Waals surface area (Å²) >= 11 is 0. The molecule has 1 aromatic rings. The predicted molar refractivity (Wildman–Crippen MR) is 76.8 cm³/mol. The van der Waals surface area contributed by atoms with Gasteiger partial charge in [-0.25, -0.2) is 13.1 Å². The van der Waals surface area contributed by atoms with Gasteiger partial charge in [0.05, 0.1) is 11.0 Å². The van der Waals surface area contributed by atoms with Crippen LogP contribution in [0.15, 0.2) is 17.2 Å².